The molecule has 2 nitrogen and oxygen atoms in total. The highest BCUT2D eigenvalue weighted by Gasteiger charge is 2.21. The minimum Gasteiger partial charge on any atom is -0.490 e. The number of rotatable bonds is 2. The fraction of sp³-hybridized carbons (Fsp3) is 0.538. The van der Waals surface area contributed by atoms with Gasteiger partial charge in [0.15, 0.2) is 0 Å². The molecule has 1 saturated carbocycles. The summed E-state index contributed by atoms with van der Waals surface area (Å²) in [6, 6.07) is 6.02. The molecule has 0 heterocycles. The first-order valence-electron chi connectivity index (χ1n) is 5.76. The molecule has 0 saturated heterocycles. The van der Waals surface area contributed by atoms with Crippen LogP contribution in [0.25, 0.3) is 0 Å². The minimum atomic E-state index is -0.122. The van der Waals surface area contributed by atoms with Crippen LogP contribution >= 0.6 is 15.9 Å². The Morgan fingerprint density at radius 2 is 1.94 bits per heavy atom. The zero-order valence-electron chi connectivity index (χ0n) is 9.45. The van der Waals surface area contributed by atoms with Crippen LogP contribution in [0.2, 0.25) is 0 Å². The van der Waals surface area contributed by atoms with Crippen molar-refractivity contribution in [1.82, 2.24) is 0 Å². The summed E-state index contributed by atoms with van der Waals surface area (Å²) in [7, 11) is 0. The van der Waals surface area contributed by atoms with E-state index in [-0.39, 0.29) is 12.2 Å². The lowest BCUT2D eigenvalue weighted by atomic mass is 9.95. The van der Waals surface area contributed by atoms with Gasteiger partial charge in [0.1, 0.15) is 5.75 Å². The van der Waals surface area contributed by atoms with Gasteiger partial charge < -0.3 is 9.84 Å². The van der Waals surface area contributed by atoms with Crippen molar-refractivity contribution < 1.29 is 9.84 Å². The summed E-state index contributed by atoms with van der Waals surface area (Å²) in [5.74, 6) is 0.954. The van der Waals surface area contributed by atoms with E-state index in [0.29, 0.717) is 0 Å². The number of aliphatic hydroxyl groups is 1. The molecule has 0 spiro atoms. The van der Waals surface area contributed by atoms with Crippen LogP contribution in [-0.4, -0.2) is 17.3 Å². The van der Waals surface area contributed by atoms with Gasteiger partial charge in [-0.2, -0.15) is 0 Å². The fourth-order valence-corrected chi connectivity index (χ4v) is 2.41. The summed E-state index contributed by atoms with van der Waals surface area (Å²) in [6.45, 7) is 2.05. The van der Waals surface area contributed by atoms with Gasteiger partial charge in [-0.25, -0.2) is 0 Å². The van der Waals surface area contributed by atoms with E-state index >= 15 is 0 Å². The second-order valence-corrected chi connectivity index (χ2v) is 5.27. The molecule has 88 valence electrons. The number of hydrogen-bond acceptors (Lipinski definition) is 2. The molecule has 0 aromatic heterocycles. The topological polar surface area (TPSA) is 29.5 Å². The molecule has 0 radical (unpaired) electrons. The van der Waals surface area contributed by atoms with Crippen LogP contribution in [0.5, 0.6) is 5.75 Å². The third kappa shape index (κ3) is 2.77. The maximum absolute atomic E-state index is 9.43. The van der Waals surface area contributed by atoms with E-state index in [4.69, 9.17) is 4.74 Å². The molecule has 0 unspecified atom stereocenters. The van der Waals surface area contributed by atoms with E-state index in [0.717, 1.165) is 41.5 Å². The van der Waals surface area contributed by atoms with E-state index in [1.54, 1.807) is 0 Å². The average Bonchev–Trinajstić information content (AvgIpc) is 2.28. The molecule has 0 atom stereocenters. The number of hydrogen-bond donors (Lipinski definition) is 1. The van der Waals surface area contributed by atoms with Crippen molar-refractivity contribution in [3.8, 4) is 5.75 Å². The molecule has 0 amide bonds. The van der Waals surface area contributed by atoms with Gasteiger partial charge in [0.2, 0.25) is 0 Å². The summed E-state index contributed by atoms with van der Waals surface area (Å²) < 4.78 is 7.06. The second-order valence-electron chi connectivity index (χ2n) is 4.41. The molecular weight excluding hydrogens is 268 g/mol. The minimum absolute atomic E-state index is 0.122. The normalized spacial score (nSPS) is 25.4. The van der Waals surface area contributed by atoms with Gasteiger partial charge >= 0.3 is 0 Å². The van der Waals surface area contributed by atoms with Crippen molar-refractivity contribution >= 4 is 15.9 Å². The van der Waals surface area contributed by atoms with Crippen LogP contribution in [0, 0.1) is 6.92 Å². The molecule has 1 aromatic rings. The maximum Gasteiger partial charge on any atom is 0.123 e. The molecule has 0 aliphatic heterocycles. The quantitative estimate of drug-likeness (QED) is 0.902. The number of ether oxygens (including phenoxy) is 1. The monoisotopic (exact) mass is 284 g/mol. The summed E-state index contributed by atoms with van der Waals surface area (Å²) in [4.78, 5) is 0. The zero-order chi connectivity index (χ0) is 11.5. The molecule has 1 fully saturated rings. The van der Waals surface area contributed by atoms with Crippen molar-refractivity contribution in [2.75, 3.05) is 0 Å². The number of aliphatic hydroxyl groups excluding tert-OH is 1. The smallest absolute Gasteiger partial charge is 0.123 e. The zero-order valence-corrected chi connectivity index (χ0v) is 11.0. The predicted octanol–water partition coefficient (Wildman–Crippen LogP) is 3.44. The van der Waals surface area contributed by atoms with Crippen LogP contribution in [0.15, 0.2) is 22.7 Å². The van der Waals surface area contributed by atoms with Crippen molar-refractivity contribution in [2.45, 2.75) is 44.8 Å². The third-order valence-electron chi connectivity index (χ3n) is 3.16. The summed E-state index contributed by atoms with van der Waals surface area (Å²) in [5, 5.41) is 9.43. The Kier molecular flexibility index (Phi) is 3.87. The number of benzene rings is 1. The highest BCUT2D eigenvalue weighted by Crippen LogP contribution is 2.29. The van der Waals surface area contributed by atoms with Crippen molar-refractivity contribution in [3.05, 3.63) is 28.2 Å². The molecule has 1 aliphatic carbocycles. The summed E-state index contributed by atoms with van der Waals surface area (Å²) in [5.41, 5.74) is 1.15. The van der Waals surface area contributed by atoms with E-state index in [1.807, 2.05) is 18.2 Å². The Morgan fingerprint density at radius 3 is 2.62 bits per heavy atom. The van der Waals surface area contributed by atoms with Gasteiger partial charge in [0, 0.05) is 10.0 Å². The first-order chi connectivity index (χ1) is 7.66. The lowest BCUT2D eigenvalue weighted by molar-refractivity contribution is 0.0662. The molecule has 1 aliphatic rings. The van der Waals surface area contributed by atoms with Gasteiger partial charge in [0.05, 0.1) is 12.2 Å². The molecule has 0 bridgehead atoms. The van der Waals surface area contributed by atoms with Gasteiger partial charge in [-0.3, -0.25) is 0 Å². The van der Waals surface area contributed by atoms with Crippen molar-refractivity contribution in [2.24, 2.45) is 0 Å². The van der Waals surface area contributed by atoms with Crippen molar-refractivity contribution in [1.29, 1.82) is 0 Å². The lowest BCUT2D eigenvalue weighted by Gasteiger charge is -2.26. The SMILES string of the molecule is Cc1c(Br)cccc1OC1CCC(O)CC1. The highest BCUT2D eigenvalue weighted by molar-refractivity contribution is 9.10. The molecule has 1 N–H and O–H groups in total. The Hall–Kier alpha value is -0.540. The Bertz CT molecular complexity index is 357. The first-order valence-corrected chi connectivity index (χ1v) is 6.56. The van der Waals surface area contributed by atoms with E-state index in [9.17, 15) is 5.11 Å². The average molecular weight is 285 g/mol. The van der Waals surface area contributed by atoms with E-state index in [1.165, 1.54) is 0 Å². The maximum atomic E-state index is 9.43. The lowest BCUT2D eigenvalue weighted by Crippen LogP contribution is -2.26. The molecule has 3 heteroatoms. The number of halogens is 1. The fourth-order valence-electron chi connectivity index (χ4n) is 2.06. The van der Waals surface area contributed by atoms with E-state index < -0.39 is 0 Å². The Balaban J connectivity index is 2.01. The van der Waals surface area contributed by atoms with Gasteiger partial charge in [-0.15, -0.1) is 0 Å². The third-order valence-corrected chi connectivity index (χ3v) is 4.01. The Labute approximate surface area is 105 Å². The Morgan fingerprint density at radius 1 is 1.25 bits per heavy atom. The second kappa shape index (κ2) is 5.19. The van der Waals surface area contributed by atoms with Gasteiger partial charge in [-0.1, -0.05) is 22.0 Å². The molecule has 1 aromatic carbocycles. The standard InChI is InChI=1S/C13H17BrO2/c1-9-12(14)3-2-4-13(9)16-11-7-5-10(15)6-8-11/h2-4,10-11,15H,5-8H2,1H3. The first kappa shape index (κ1) is 11.9. The van der Waals surface area contributed by atoms with Crippen LogP contribution in [0.4, 0.5) is 0 Å². The predicted molar refractivity (Wildman–Crippen MR) is 67.8 cm³/mol. The summed E-state index contributed by atoms with van der Waals surface area (Å²) in [6.07, 6.45) is 3.76. The van der Waals surface area contributed by atoms with Gasteiger partial charge in [0.25, 0.3) is 0 Å². The van der Waals surface area contributed by atoms with Gasteiger partial charge in [-0.05, 0) is 44.7 Å². The molecule has 16 heavy (non-hydrogen) atoms. The van der Waals surface area contributed by atoms with Crippen LogP contribution in [-0.2, 0) is 0 Å². The van der Waals surface area contributed by atoms with E-state index in [2.05, 4.69) is 22.9 Å². The summed E-state index contributed by atoms with van der Waals surface area (Å²) >= 11 is 3.50. The highest BCUT2D eigenvalue weighted by atomic mass is 79.9. The van der Waals surface area contributed by atoms with Crippen LogP contribution < -0.4 is 4.74 Å². The molecule has 2 rings (SSSR count). The molecular formula is C13H17BrO2. The van der Waals surface area contributed by atoms with Crippen LogP contribution in [0.3, 0.4) is 0 Å². The van der Waals surface area contributed by atoms with Crippen molar-refractivity contribution in [3.63, 3.8) is 0 Å². The van der Waals surface area contributed by atoms with Crippen LogP contribution in [0.1, 0.15) is 31.2 Å². The largest absolute Gasteiger partial charge is 0.490 e.